The molecule has 43 heavy (non-hydrogen) atoms. The molecule has 0 fully saturated rings. The summed E-state index contributed by atoms with van der Waals surface area (Å²) in [4.78, 5) is 77.0. The van der Waals surface area contributed by atoms with Crippen LogP contribution in [0, 0.1) is 0 Å². The molecule has 0 spiro atoms. The Morgan fingerprint density at radius 1 is 0.767 bits per heavy atom. The molecule has 3 aromatic rings. The zero-order chi connectivity index (χ0) is 31.5. The number of para-hydroxylation sites is 1. The smallest absolute Gasteiger partial charge is 0.326 e. The maximum Gasteiger partial charge on any atom is 0.326 e. The van der Waals surface area contributed by atoms with Crippen LogP contribution in [0.4, 0.5) is 0 Å². The van der Waals surface area contributed by atoms with Crippen molar-refractivity contribution >= 4 is 46.5 Å². The summed E-state index contributed by atoms with van der Waals surface area (Å²) in [6.07, 6.45) is 0.343. The van der Waals surface area contributed by atoms with Gasteiger partial charge in [0.2, 0.25) is 23.6 Å². The fraction of sp³-hybridized carbons (Fsp3) is 0.310. The summed E-state index contributed by atoms with van der Waals surface area (Å²) in [7, 11) is 0. The predicted octanol–water partition coefficient (Wildman–Crippen LogP) is -0.440. The molecule has 14 nitrogen and oxygen atoms in total. The van der Waals surface area contributed by atoms with Gasteiger partial charge in [-0.15, -0.1) is 0 Å². The molecule has 0 aliphatic rings. The van der Waals surface area contributed by atoms with Crippen molar-refractivity contribution in [3.8, 4) is 0 Å². The SMILES string of the molecule is NC(=O)CCC(N)C(=O)NC(CC(=O)O)C(=O)NC(Cc1c[nH]c2ccccc12)C(=O)NC(Cc1ccccc1)C(=O)O. The van der Waals surface area contributed by atoms with Crippen LogP contribution >= 0.6 is 0 Å². The van der Waals surface area contributed by atoms with Crippen molar-refractivity contribution in [3.05, 3.63) is 71.9 Å². The van der Waals surface area contributed by atoms with Crippen molar-refractivity contribution in [1.82, 2.24) is 20.9 Å². The number of benzene rings is 2. The van der Waals surface area contributed by atoms with Crippen molar-refractivity contribution < 1.29 is 39.0 Å². The number of aromatic amines is 1. The van der Waals surface area contributed by atoms with Gasteiger partial charge in [-0.05, 0) is 23.6 Å². The van der Waals surface area contributed by atoms with Crippen molar-refractivity contribution in [3.63, 3.8) is 0 Å². The van der Waals surface area contributed by atoms with Crippen LogP contribution in [-0.2, 0) is 41.6 Å². The Labute approximate surface area is 246 Å². The number of nitrogens with one attached hydrogen (secondary N) is 4. The number of hydrogen-bond acceptors (Lipinski definition) is 7. The first-order valence-corrected chi connectivity index (χ1v) is 13.4. The molecule has 14 heteroatoms. The second-order valence-electron chi connectivity index (χ2n) is 9.98. The molecule has 0 saturated heterocycles. The number of carbonyl (C=O) groups excluding carboxylic acids is 4. The lowest BCUT2D eigenvalue weighted by Gasteiger charge is -2.25. The average Bonchev–Trinajstić information content (AvgIpc) is 3.37. The van der Waals surface area contributed by atoms with Gasteiger partial charge in [0.25, 0.3) is 0 Å². The molecule has 4 unspecified atom stereocenters. The number of nitrogens with two attached hydrogens (primary N) is 2. The average molecular weight is 595 g/mol. The predicted molar refractivity (Wildman–Crippen MR) is 154 cm³/mol. The molecule has 0 saturated carbocycles. The minimum Gasteiger partial charge on any atom is -0.481 e. The van der Waals surface area contributed by atoms with E-state index in [1.807, 2.05) is 12.1 Å². The summed E-state index contributed by atoms with van der Waals surface area (Å²) < 4.78 is 0. The monoisotopic (exact) mass is 594 g/mol. The third-order valence-corrected chi connectivity index (χ3v) is 6.68. The number of aromatic nitrogens is 1. The largest absolute Gasteiger partial charge is 0.481 e. The number of rotatable bonds is 16. The van der Waals surface area contributed by atoms with E-state index in [9.17, 15) is 39.0 Å². The Morgan fingerprint density at radius 3 is 2.02 bits per heavy atom. The summed E-state index contributed by atoms with van der Waals surface area (Å²) in [5.41, 5.74) is 12.9. The molecule has 0 aliphatic heterocycles. The molecular formula is C29H34N6O8. The van der Waals surface area contributed by atoms with E-state index < -0.39 is 66.2 Å². The molecule has 0 bridgehead atoms. The van der Waals surface area contributed by atoms with Gasteiger partial charge in [0.15, 0.2) is 0 Å². The zero-order valence-electron chi connectivity index (χ0n) is 23.1. The number of carboxylic acids is 2. The van der Waals surface area contributed by atoms with Crippen molar-refractivity contribution in [2.75, 3.05) is 0 Å². The molecule has 1 aromatic heterocycles. The van der Waals surface area contributed by atoms with Gasteiger partial charge in [0, 0.05) is 36.4 Å². The number of hydrogen-bond donors (Lipinski definition) is 8. The van der Waals surface area contributed by atoms with E-state index in [1.165, 1.54) is 0 Å². The van der Waals surface area contributed by atoms with E-state index in [2.05, 4.69) is 20.9 Å². The first-order chi connectivity index (χ1) is 20.4. The first kappa shape index (κ1) is 32.3. The Bertz CT molecular complexity index is 1470. The molecule has 10 N–H and O–H groups in total. The second-order valence-corrected chi connectivity index (χ2v) is 9.98. The van der Waals surface area contributed by atoms with Crippen LogP contribution in [0.3, 0.4) is 0 Å². The Balaban J connectivity index is 1.85. The van der Waals surface area contributed by atoms with Crippen LogP contribution in [0.1, 0.15) is 30.4 Å². The van der Waals surface area contributed by atoms with E-state index in [1.54, 1.807) is 48.7 Å². The highest BCUT2D eigenvalue weighted by Gasteiger charge is 2.32. The first-order valence-electron chi connectivity index (χ1n) is 13.4. The van der Waals surface area contributed by atoms with Crippen LogP contribution in [0.2, 0.25) is 0 Å². The lowest BCUT2D eigenvalue weighted by molar-refractivity contribution is -0.143. The van der Waals surface area contributed by atoms with Gasteiger partial charge in [0.05, 0.1) is 12.5 Å². The van der Waals surface area contributed by atoms with Gasteiger partial charge >= 0.3 is 11.9 Å². The summed E-state index contributed by atoms with van der Waals surface area (Å²) >= 11 is 0. The van der Waals surface area contributed by atoms with Gasteiger partial charge in [0.1, 0.15) is 18.1 Å². The normalized spacial score (nSPS) is 13.7. The number of carbonyl (C=O) groups is 6. The third-order valence-electron chi connectivity index (χ3n) is 6.68. The second kappa shape index (κ2) is 15.1. The fourth-order valence-corrected chi connectivity index (χ4v) is 4.42. The molecule has 4 atom stereocenters. The lowest BCUT2D eigenvalue weighted by Crippen LogP contribution is -2.58. The summed E-state index contributed by atoms with van der Waals surface area (Å²) in [6.45, 7) is 0. The summed E-state index contributed by atoms with van der Waals surface area (Å²) in [5.74, 6) is -6.14. The van der Waals surface area contributed by atoms with Gasteiger partial charge in [-0.25, -0.2) is 4.79 Å². The van der Waals surface area contributed by atoms with Crippen LogP contribution in [-0.4, -0.2) is 74.9 Å². The zero-order valence-corrected chi connectivity index (χ0v) is 23.1. The molecule has 0 radical (unpaired) electrons. The van der Waals surface area contributed by atoms with E-state index in [0.717, 1.165) is 10.9 Å². The number of aliphatic carboxylic acids is 2. The summed E-state index contributed by atoms with van der Waals surface area (Å²) in [5, 5.41) is 27.1. The molecule has 0 aliphatic carbocycles. The number of fused-ring (bicyclic) bond motifs is 1. The minimum absolute atomic E-state index is 0.0312. The van der Waals surface area contributed by atoms with Crippen LogP contribution < -0.4 is 27.4 Å². The molecule has 228 valence electrons. The Hall–Kier alpha value is -5.24. The number of amides is 4. The Kier molecular flexibility index (Phi) is 11.3. The quantitative estimate of drug-likeness (QED) is 0.107. The summed E-state index contributed by atoms with van der Waals surface area (Å²) in [6, 6.07) is 10.3. The Morgan fingerprint density at radius 2 is 1.37 bits per heavy atom. The maximum atomic E-state index is 13.5. The topological polar surface area (TPSA) is 247 Å². The van der Waals surface area contributed by atoms with Gasteiger partial charge in [-0.3, -0.25) is 24.0 Å². The number of primary amides is 1. The van der Waals surface area contributed by atoms with E-state index in [4.69, 9.17) is 11.5 Å². The van der Waals surface area contributed by atoms with Gasteiger partial charge in [-0.2, -0.15) is 0 Å². The third kappa shape index (κ3) is 9.67. The molecule has 4 amide bonds. The maximum absolute atomic E-state index is 13.5. The van der Waals surface area contributed by atoms with Crippen molar-refractivity contribution in [1.29, 1.82) is 0 Å². The molecule has 1 heterocycles. The minimum atomic E-state index is -1.64. The van der Waals surface area contributed by atoms with Crippen molar-refractivity contribution in [2.24, 2.45) is 11.5 Å². The number of H-pyrrole nitrogens is 1. The fourth-order valence-electron chi connectivity index (χ4n) is 4.42. The highest BCUT2D eigenvalue weighted by molar-refractivity contribution is 5.96. The van der Waals surface area contributed by atoms with Crippen molar-refractivity contribution in [2.45, 2.75) is 56.3 Å². The van der Waals surface area contributed by atoms with E-state index >= 15 is 0 Å². The van der Waals surface area contributed by atoms with Crippen LogP contribution in [0.5, 0.6) is 0 Å². The molecule has 3 rings (SSSR count). The highest BCUT2D eigenvalue weighted by atomic mass is 16.4. The van der Waals surface area contributed by atoms with Gasteiger partial charge < -0.3 is 42.6 Å². The standard InChI is InChI=1S/C29H34N6O8/c30-19(10-11-24(31)36)26(39)33-22(14-25(37)38)28(41)34-21(13-17-15-32-20-9-5-4-8-18(17)20)27(40)35-23(29(42)43)12-16-6-2-1-3-7-16/h1-9,15,19,21-23,32H,10-14,30H2,(H2,31,36)(H,33,39)(H,34,41)(H,35,40)(H,37,38)(H,42,43). The molecule has 2 aromatic carbocycles. The van der Waals surface area contributed by atoms with E-state index in [0.29, 0.717) is 11.1 Å². The van der Waals surface area contributed by atoms with E-state index in [-0.39, 0.29) is 25.7 Å². The molecular weight excluding hydrogens is 560 g/mol. The van der Waals surface area contributed by atoms with Gasteiger partial charge in [-0.1, -0.05) is 48.5 Å². The van der Waals surface area contributed by atoms with Crippen LogP contribution in [0.15, 0.2) is 60.8 Å². The highest BCUT2D eigenvalue weighted by Crippen LogP contribution is 2.19. The number of carboxylic acid groups (broad SMARTS) is 2. The lowest BCUT2D eigenvalue weighted by atomic mass is 10.0. The van der Waals surface area contributed by atoms with Crippen LogP contribution in [0.25, 0.3) is 10.9 Å².